The highest BCUT2D eigenvalue weighted by Crippen LogP contribution is 2.26. The number of hydrogen-bond acceptors (Lipinski definition) is 4. The van der Waals surface area contributed by atoms with Gasteiger partial charge in [0.25, 0.3) is 5.56 Å². The zero-order valence-electron chi connectivity index (χ0n) is 9.35. The van der Waals surface area contributed by atoms with Crippen molar-refractivity contribution in [3.05, 3.63) is 34.4 Å². The van der Waals surface area contributed by atoms with E-state index in [1.807, 2.05) is 0 Å². The Balaban J connectivity index is 2.83. The van der Waals surface area contributed by atoms with Crippen LogP contribution in [0, 0.1) is 6.92 Å². The van der Waals surface area contributed by atoms with E-state index in [-0.39, 0.29) is 5.56 Å². The van der Waals surface area contributed by atoms with E-state index in [4.69, 9.17) is 9.47 Å². The molecule has 2 rings (SSSR count). The van der Waals surface area contributed by atoms with Crippen LogP contribution in [0.1, 0.15) is 5.69 Å². The minimum atomic E-state index is -0.136. The quantitative estimate of drug-likeness (QED) is 0.758. The summed E-state index contributed by atoms with van der Waals surface area (Å²) >= 11 is 0. The fourth-order valence-corrected chi connectivity index (χ4v) is 1.54. The van der Waals surface area contributed by atoms with Gasteiger partial charge in [-0.3, -0.25) is 9.20 Å². The summed E-state index contributed by atoms with van der Waals surface area (Å²) < 4.78 is 11.7. The Morgan fingerprint density at radius 2 is 1.88 bits per heavy atom. The monoisotopic (exact) mass is 220 g/mol. The summed E-state index contributed by atoms with van der Waals surface area (Å²) in [6.07, 6.45) is 1.57. The fourth-order valence-electron chi connectivity index (χ4n) is 1.54. The van der Waals surface area contributed by atoms with Gasteiger partial charge in [0.2, 0.25) is 0 Å². The topological polar surface area (TPSA) is 52.8 Å². The van der Waals surface area contributed by atoms with Gasteiger partial charge in [-0.2, -0.15) is 0 Å². The van der Waals surface area contributed by atoms with Gasteiger partial charge in [-0.1, -0.05) is 0 Å². The number of nitrogens with zero attached hydrogens (tertiary/aromatic N) is 2. The first kappa shape index (κ1) is 10.5. The number of aryl methyl sites for hydroxylation is 1. The summed E-state index contributed by atoms with van der Waals surface area (Å²) in [5.74, 6) is 1.06. The van der Waals surface area contributed by atoms with Crippen LogP contribution in [0.15, 0.2) is 23.1 Å². The number of rotatable bonds is 2. The lowest BCUT2D eigenvalue weighted by Gasteiger charge is -2.09. The third-order valence-corrected chi connectivity index (χ3v) is 2.30. The molecule has 2 aromatic heterocycles. The number of fused-ring (bicyclic) bond motifs is 1. The van der Waals surface area contributed by atoms with Crippen LogP contribution in [-0.2, 0) is 0 Å². The van der Waals surface area contributed by atoms with Gasteiger partial charge in [0.05, 0.1) is 20.4 Å². The van der Waals surface area contributed by atoms with E-state index >= 15 is 0 Å². The number of aromatic nitrogens is 2. The highest BCUT2D eigenvalue weighted by molar-refractivity contribution is 5.51. The highest BCUT2D eigenvalue weighted by Gasteiger charge is 2.08. The van der Waals surface area contributed by atoms with E-state index < -0.39 is 0 Å². The lowest BCUT2D eigenvalue weighted by Crippen LogP contribution is -2.14. The predicted octanol–water partition coefficient (Wildman–Crippen LogP) is 1.02. The summed E-state index contributed by atoms with van der Waals surface area (Å²) in [6.45, 7) is 1.78. The van der Waals surface area contributed by atoms with E-state index in [0.717, 1.165) is 0 Å². The Hall–Kier alpha value is -2.04. The normalized spacial score (nSPS) is 10.4. The number of hydrogen-bond donors (Lipinski definition) is 0. The van der Waals surface area contributed by atoms with Crippen molar-refractivity contribution in [2.45, 2.75) is 6.92 Å². The molecule has 0 saturated carbocycles. The van der Waals surface area contributed by atoms with Crippen molar-refractivity contribution in [1.82, 2.24) is 9.38 Å². The minimum absolute atomic E-state index is 0.136. The number of methoxy groups -OCH3 is 2. The molecule has 2 heterocycles. The van der Waals surface area contributed by atoms with E-state index in [1.165, 1.54) is 17.6 Å². The molecule has 0 aliphatic heterocycles. The van der Waals surface area contributed by atoms with Crippen LogP contribution in [0.5, 0.6) is 11.5 Å². The molecule has 5 heteroatoms. The van der Waals surface area contributed by atoms with Crippen LogP contribution in [0.2, 0.25) is 0 Å². The molecule has 0 aliphatic rings. The van der Waals surface area contributed by atoms with Crippen LogP contribution in [0.25, 0.3) is 5.65 Å². The Morgan fingerprint density at radius 1 is 1.19 bits per heavy atom. The second-order valence-corrected chi connectivity index (χ2v) is 3.37. The molecular weight excluding hydrogens is 208 g/mol. The predicted molar refractivity (Wildman–Crippen MR) is 59.3 cm³/mol. The third kappa shape index (κ3) is 1.60. The first-order valence-electron chi connectivity index (χ1n) is 4.77. The summed E-state index contributed by atoms with van der Waals surface area (Å²) in [4.78, 5) is 15.9. The van der Waals surface area contributed by atoms with Gasteiger partial charge in [-0.25, -0.2) is 4.98 Å². The Bertz CT molecular complexity index is 590. The minimum Gasteiger partial charge on any atom is -0.493 e. The van der Waals surface area contributed by atoms with Crippen molar-refractivity contribution in [2.24, 2.45) is 0 Å². The van der Waals surface area contributed by atoms with Crippen molar-refractivity contribution >= 4 is 5.65 Å². The maximum absolute atomic E-state index is 11.7. The van der Waals surface area contributed by atoms with Gasteiger partial charge in [0, 0.05) is 17.8 Å². The molecule has 0 saturated heterocycles. The fraction of sp³-hybridized carbons (Fsp3) is 0.273. The first-order valence-corrected chi connectivity index (χ1v) is 4.77. The molecule has 0 fully saturated rings. The summed E-state index contributed by atoms with van der Waals surface area (Å²) in [5, 5.41) is 0. The van der Waals surface area contributed by atoms with Gasteiger partial charge in [-0.15, -0.1) is 0 Å². The van der Waals surface area contributed by atoms with Crippen molar-refractivity contribution < 1.29 is 9.47 Å². The highest BCUT2D eigenvalue weighted by atomic mass is 16.5. The van der Waals surface area contributed by atoms with Crippen LogP contribution in [0.4, 0.5) is 0 Å². The average molecular weight is 220 g/mol. The standard InChI is InChI=1S/C11H12N2O3/c1-7-4-11(14)13-6-9(16-3)8(15-2)5-10(13)12-7/h4-6H,1-3H3. The van der Waals surface area contributed by atoms with Crippen LogP contribution >= 0.6 is 0 Å². The molecule has 0 amide bonds. The van der Waals surface area contributed by atoms with Gasteiger partial charge < -0.3 is 9.47 Å². The van der Waals surface area contributed by atoms with Crippen LogP contribution < -0.4 is 15.0 Å². The molecule has 0 bridgehead atoms. The van der Waals surface area contributed by atoms with Gasteiger partial charge in [0.15, 0.2) is 11.5 Å². The molecule has 0 radical (unpaired) electrons. The molecular formula is C11H12N2O3. The summed E-state index contributed by atoms with van der Waals surface area (Å²) in [7, 11) is 3.07. The summed E-state index contributed by atoms with van der Waals surface area (Å²) in [6, 6.07) is 3.14. The molecule has 0 aromatic carbocycles. The number of ether oxygens (including phenoxy) is 2. The van der Waals surface area contributed by atoms with Gasteiger partial charge in [0.1, 0.15) is 5.65 Å². The van der Waals surface area contributed by atoms with Crippen molar-refractivity contribution in [2.75, 3.05) is 14.2 Å². The van der Waals surface area contributed by atoms with E-state index in [2.05, 4.69) is 4.98 Å². The maximum Gasteiger partial charge on any atom is 0.258 e. The van der Waals surface area contributed by atoms with Crippen LogP contribution in [0.3, 0.4) is 0 Å². The zero-order chi connectivity index (χ0) is 11.7. The average Bonchev–Trinajstić information content (AvgIpc) is 2.27. The largest absolute Gasteiger partial charge is 0.493 e. The SMILES string of the molecule is COc1cc2nc(C)cc(=O)n2cc1OC. The zero-order valence-corrected chi connectivity index (χ0v) is 9.35. The third-order valence-electron chi connectivity index (χ3n) is 2.30. The molecule has 2 aromatic rings. The molecule has 0 aliphatic carbocycles. The van der Waals surface area contributed by atoms with Crippen molar-refractivity contribution in [1.29, 1.82) is 0 Å². The second kappa shape index (κ2) is 3.84. The van der Waals surface area contributed by atoms with Gasteiger partial charge in [-0.05, 0) is 6.92 Å². The van der Waals surface area contributed by atoms with E-state index in [0.29, 0.717) is 22.8 Å². The lowest BCUT2D eigenvalue weighted by atomic mass is 10.3. The molecule has 0 atom stereocenters. The maximum atomic E-state index is 11.7. The lowest BCUT2D eigenvalue weighted by molar-refractivity contribution is 0.353. The summed E-state index contributed by atoms with van der Waals surface area (Å²) in [5.41, 5.74) is 1.09. The van der Waals surface area contributed by atoms with Crippen molar-refractivity contribution in [3.8, 4) is 11.5 Å². The molecule has 0 N–H and O–H groups in total. The Kier molecular flexibility index (Phi) is 2.52. The van der Waals surface area contributed by atoms with Gasteiger partial charge >= 0.3 is 0 Å². The molecule has 84 valence electrons. The molecule has 5 nitrogen and oxygen atoms in total. The number of pyridine rings is 1. The first-order chi connectivity index (χ1) is 7.65. The Labute approximate surface area is 92.3 Å². The molecule has 0 spiro atoms. The second-order valence-electron chi connectivity index (χ2n) is 3.37. The van der Waals surface area contributed by atoms with E-state index in [1.54, 1.807) is 26.3 Å². The van der Waals surface area contributed by atoms with Crippen LogP contribution in [-0.4, -0.2) is 23.6 Å². The smallest absolute Gasteiger partial charge is 0.258 e. The molecule has 16 heavy (non-hydrogen) atoms. The molecule has 0 unspecified atom stereocenters. The van der Waals surface area contributed by atoms with Crippen molar-refractivity contribution in [3.63, 3.8) is 0 Å². The van der Waals surface area contributed by atoms with E-state index in [9.17, 15) is 4.79 Å². The Morgan fingerprint density at radius 3 is 2.50 bits per heavy atom.